The smallest absolute Gasteiger partial charge is 0.408 e. The molecule has 0 aliphatic carbocycles. The van der Waals surface area contributed by atoms with Crippen molar-refractivity contribution < 1.29 is 9.52 Å². The summed E-state index contributed by atoms with van der Waals surface area (Å²) in [6.45, 7) is 1.95. The first-order valence-corrected chi connectivity index (χ1v) is 7.30. The number of oxazole rings is 1. The number of halogens is 1. The van der Waals surface area contributed by atoms with Crippen LogP contribution in [-0.4, -0.2) is 9.67 Å². The van der Waals surface area contributed by atoms with Crippen LogP contribution in [0.15, 0.2) is 50.1 Å². The van der Waals surface area contributed by atoms with E-state index in [9.17, 15) is 9.90 Å². The first-order valence-electron chi connectivity index (χ1n) is 6.51. The lowest BCUT2D eigenvalue weighted by Gasteiger charge is -2.14. The highest BCUT2D eigenvalue weighted by Crippen LogP contribution is 2.28. The van der Waals surface area contributed by atoms with Crippen LogP contribution < -0.4 is 5.76 Å². The number of aliphatic hydroxyl groups excluding tert-OH is 1. The van der Waals surface area contributed by atoms with Gasteiger partial charge in [-0.25, -0.2) is 4.79 Å². The number of rotatable bonds is 2. The zero-order valence-electron chi connectivity index (χ0n) is 11.6. The fourth-order valence-electron chi connectivity index (χ4n) is 2.45. The van der Waals surface area contributed by atoms with Crippen LogP contribution in [0.2, 0.25) is 0 Å². The first-order chi connectivity index (χ1) is 9.97. The highest BCUT2D eigenvalue weighted by Gasteiger charge is 2.15. The Morgan fingerprint density at radius 1 is 1.24 bits per heavy atom. The predicted octanol–water partition coefficient (Wildman–Crippen LogP) is 3.28. The molecular formula is C16H14BrNO3. The van der Waals surface area contributed by atoms with Crippen LogP contribution in [0.1, 0.15) is 22.8 Å². The number of fused-ring (bicyclic) bond motifs is 1. The standard InChI is InChI=1S/C16H14BrNO3/c1-9-7-11(17)4-5-12(9)15(19)10-3-6-13-14(8-10)21-16(20)18(13)2/h3-8,15,19H,1-2H3. The lowest BCUT2D eigenvalue weighted by atomic mass is 9.97. The SMILES string of the molecule is Cc1cc(Br)ccc1C(O)c1ccc2c(c1)oc(=O)n2C. The van der Waals surface area contributed by atoms with Crippen molar-refractivity contribution in [1.82, 2.24) is 4.57 Å². The molecule has 21 heavy (non-hydrogen) atoms. The Morgan fingerprint density at radius 2 is 2.00 bits per heavy atom. The minimum absolute atomic E-state index is 0.406. The molecule has 5 heteroatoms. The molecule has 0 aliphatic rings. The third kappa shape index (κ3) is 2.43. The van der Waals surface area contributed by atoms with E-state index in [2.05, 4.69) is 15.9 Å². The van der Waals surface area contributed by atoms with Gasteiger partial charge in [0.1, 0.15) is 6.10 Å². The van der Waals surface area contributed by atoms with Crippen LogP contribution in [-0.2, 0) is 7.05 Å². The molecule has 0 saturated carbocycles. The fraction of sp³-hybridized carbons (Fsp3) is 0.188. The zero-order chi connectivity index (χ0) is 15.1. The Morgan fingerprint density at radius 3 is 2.71 bits per heavy atom. The molecule has 0 bridgehead atoms. The van der Waals surface area contributed by atoms with Crippen LogP contribution in [0.25, 0.3) is 11.1 Å². The molecule has 1 N–H and O–H groups in total. The number of aryl methyl sites for hydroxylation is 2. The zero-order valence-corrected chi connectivity index (χ0v) is 13.2. The number of benzene rings is 2. The van der Waals surface area contributed by atoms with E-state index >= 15 is 0 Å². The number of aromatic nitrogens is 1. The van der Waals surface area contributed by atoms with Crippen LogP contribution in [0, 0.1) is 6.92 Å². The molecular weight excluding hydrogens is 334 g/mol. The van der Waals surface area contributed by atoms with Crippen molar-refractivity contribution in [3.63, 3.8) is 0 Å². The van der Waals surface area contributed by atoms with Crippen LogP contribution in [0.5, 0.6) is 0 Å². The quantitative estimate of drug-likeness (QED) is 0.773. The van der Waals surface area contributed by atoms with Crippen molar-refractivity contribution in [2.24, 2.45) is 7.05 Å². The summed E-state index contributed by atoms with van der Waals surface area (Å²) in [7, 11) is 1.66. The summed E-state index contributed by atoms with van der Waals surface area (Å²) in [6.07, 6.45) is -0.756. The highest BCUT2D eigenvalue weighted by atomic mass is 79.9. The number of hydrogen-bond donors (Lipinski definition) is 1. The summed E-state index contributed by atoms with van der Waals surface area (Å²) in [5, 5.41) is 10.6. The molecule has 1 aromatic heterocycles. The van der Waals surface area contributed by atoms with E-state index in [1.54, 1.807) is 19.2 Å². The van der Waals surface area contributed by atoms with Gasteiger partial charge < -0.3 is 9.52 Å². The Hall–Kier alpha value is -1.85. The van der Waals surface area contributed by atoms with Gasteiger partial charge in [0.15, 0.2) is 5.58 Å². The summed E-state index contributed by atoms with van der Waals surface area (Å²) < 4.78 is 7.58. The normalized spacial score (nSPS) is 12.8. The van der Waals surface area contributed by atoms with Gasteiger partial charge in [0, 0.05) is 11.5 Å². The molecule has 1 atom stereocenters. The topological polar surface area (TPSA) is 55.4 Å². The molecule has 0 spiro atoms. The molecule has 0 amide bonds. The lowest BCUT2D eigenvalue weighted by molar-refractivity contribution is 0.219. The van der Waals surface area contributed by atoms with Gasteiger partial charge in [-0.05, 0) is 47.9 Å². The molecule has 1 heterocycles. The summed E-state index contributed by atoms with van der Waals surface area (Å²) in [4.78, 5) is 11.5. The van der Waals surface area contributed by atoms with Gasteiger partial charge in [0.05, 0.1) is 5.52 Å². The molecule has 3 rings (SSSR count). The van der Waals surface area contributed by atoms with Crippen LogP contribution in [0.3, 0.4) is 0 Å². The second kappa shape index (κ2) is 5.16. The molecule has 3 aromatic rings. The Balaban J connectivity index is 2.09. The largest absolute Gasteiger partial charge is 0.419 e. The van der Waals surface area contributed by atoms with Crippen LogP contribution >= 0.6 is 15.9 Å². The van der Waals surface area contributed by atoms with Gasteiger partial charge >= 0.3 is 5.76 Å². The minimum Gasteiger partial charge on any atom is -0.408 e. The van der Waals surface area contributed by atoms with Crippen molar-refractivity contribution in [1.29, 1.82) is 0 Å². The van der Waals surface area contributed by atoms with Crippen molar-refractivity contribution in [3.05, 3.63) is 68.1 Å². The maximum Gasteiger partial charge on any atom is 0.419 e. The number of aliphatic hydroxyl groups is 1. The third-order valence-electron chi connectivity index (χ3n) is 3.66. The summed E-state index contributed by atoms with van der Waals surface area (Å²) in [6, 6.07) is 11.0. The molecule has 1 unspecified atom stereocenters. The minimum atomic E-state index is -0.756. The van der Waals surface area contributed by atoms with Crippen molar-refractivity contribution in [2.45, 2.75) is 13.0 Å². The second-order valence-electron chi connectivity index (χ2n) is 5.06. The van der Waals surface area contributed by atoms with E-state index in [0.717, 1.165) is 15.6 Å². The van der Waals surface area contributed by atoms with Crippen molar-refractivity contribution in [2.75, 3.05) is 0 Å². The van der Waals surface area contributed by atoms with E-state index in [1.807, 2.05) is 31.2 Å². The third-order valence-corrected chi connectivity index (χ3v) is 4.15. The fourth-order valence-corrected chi connectivity index (χ4v) is 2.92. The van der Waals surface area contributed by atoms with Gasteiger partial charge in [-0.1, -0.05) is 28.1 Å². The number of hydrogen-bond acceptors (Lipinski definition) is 3. The van der Waals surface area contributed by atoms with E-state index < -0.39 is 11.9 Å². The molecule has 2 aromatic carbocycles. The van der Waals surface area contributed by atoms with Gasteiger partial charge in [-0.3, -0.25) is 4.57 Å². The van der Waals surface area contributed by atoms with Crippen LogP contribution in [0.4, 0.5) is 0 Å². The van der Waals surface area contributed by atoms with Gasteiger partial charge in [0.25, 0.3) is 0 Å². The van der Waals surface area contributed by atoms with E-state index in [4.69, 9.17) is 4.42 Å². The molecule has 0 aliphatic heterocycles. The summed E-state index contributed by atoms with van der Waals surface area (Å²) in [5.74, 6) is -0.406. The first kappa shape index (κ1) is 14.1. The molecule has 0 radical (unpaired) electrons. The highest BCUT2D eigenvalue weighted by molar-refractivity contribution is 9.10. The number of nitrogens with zero attached hydrogens (tertiary/aromatic N) is 1. The molecule has 0 saturated heterocycles. The molecule has 108 valence electrons. The maximum atomic E-state index is 11.5. The van der Waals surface area contributed by atoms with Crippen molar-refractivity contribution in [3.8, 4) is 0 Å². The van der Waals surface area contributed by atoms with E-state index in [-0.39, 0.29) is 0 Å². The Bertz CT molecular complexity index is 879. The van der Waals surface area contributed by atoms with E-state index in [1.165, 1.54) is 4.57 Å². The average Bonchev–Trinajstić information content (AvgIpc) is 2.73. The maximum absolute atomic E-state index is 11.5. The summed E-state index contributed by atoms with van der Waals surface area (Å²) in [5.41, 5.74) is 3.71. The van der Waals surface area contributed by atoms with Crippen molar-refractivity contribution >= 4 is 27.0 Å². The predicted molar refractivity (Wildman–Crippen MR) is 84.4 cm³/mol. The Kier molecular flexibility index (Phi) is 3.47. The van der Waals surface area contributed by atoms with Gasteiger partial charge in [-0.2, -0.15) is 0 Å². The monoisotopic (exact) mass is 347 g/mol. The average molecular weight is 348 g/mol. The van der Waals surface area contributed by atoms with Gasteiger partial charge in [-0.15, -0.1) is 0 Å². The molecule has 4 nitrogen and oxygen atoms in total. The van der Waals surface area contributed by atoms with Gasteiger partial charge in [0.2, 0.25) is 0 Å². The molecule has 0 fully saturated rings. The van der Waals surface area contributed by atoms with E-state index in [0.29, 0.717) is 16.7 Å². The summed E-state index contributed by atoms with van der Waals surface area (Å²) >= 11 is 3.41. The Labute approximate surface area is 129 Å². The lowest BCUT2D eigenvalue weighted by Crippen LogP contribution is -2.08. The second-order valence-corrected chi connectivity index (χ2v) is 5.97.